The van der Waals surface area contributed by atoms with Crippen LogP contribution in [0.3, 0.4) is 0 Å². The minimum atomic E-state index is -3.10. The van der Waals surface area contributed by atoms with Gasteiger partial charge in [-0.05, 0) is 26.7 Å². The highest BCUT2D eigenvalue weighted by atomic mass is 32.2. The van der Waals surface area contributed by atoms with Gasteiger partial charge in [0.1, 0.15) is 0 Å². The summed E-state index contributed by atoms with van der Waals surface area (Å²) in [4.78, 5) is 0. The maximum atomic E-state index is 12.0. The maximum absolute atomic E-state index is 12.0. The Morgan fingerprint density at radius 1 is 1.29 bits per heavy atom. The van der Waals surface area contributed by atoms with Crippen molar-refractivity contribution in [2.45, 2.75) is 38.0 Å². The van der Waals surface area contributed by atoms with Crippen LogP contribution in [0.5, 0.6) is 0 Å². The molecule has 1 aromatic heterocycles. The highest BCUT2D eigenvalue weighted by Crippen LogP contribution is 2.24. The van der Waals surface area contributed by atoms with E-state index in [1.807, 2.05) is 10.9 Å². The molecule has 0 aromatic carbocycles. The molecule has 17 heavy (non-hydrogen) atoms. The van der Waals surface area contributed by atoms with Gasteiger partial charge < -0.3 is 0 Å². The van der Waals surface area contributed by atoms with Crippen LogP contribution in [0.1, 0.15) is 32.7 Å². The number of nitrogens with zero attached hydrogens (tertiary/aromatic N) is 4. The first kappa shape index (κ1) is 12.5. The van der Waals surface area contributed by atoms with Gasteiger partial charge in [-0.2, -0.15) is 0 Å². The van der Waals surface area contributed by atoms with Crippen LogP contribution >= 0.6 is 0 Å². The van der Waals surface area contributed by atoms with Gasteiger partial charge in [0.25, 0.3) is 0 Å². The average molecular weight is 258 g/mol. The quantitative estimate of drug-likeness (QED) is 0.798. The topological polar surface area (TPSA) is 68.1 Å². The van der Waals surface area contributed by atoms with Crippen LogP contribution in [0.2, 0.25) is 0 Å². The number of piperidine rings is 1. The molecule has 1 fully saturated rings. The molecule has 1 aromatic rings. The zero-order chi connectivity index (χ0) is 12.5. The largest absolute Gasteiger partial charge is 0.249 e. The van der Waals surface area contributed by atoms with E-state index in [2.05, 4.69) is 10.3 Å². The molecule has 0 aliphatic carbocycles. The summed E-state index contributed by atoms with van der Waals surface area (Å²) in [6, 6.07) is 0.274. The second-order valence-corrected chi connectivity index (χ2v) is 7.10. The van der Waals surface area contributed by atoms with Crippen molar-refractivity contribution < 1.29 is 8.42 Å². The Hall–Kier alpha value is -0.950. The van der Waals surface area contributed by atoms with Crippen molar-refractivity contribution in [2.24, 2.45) is 0 Å². The molecule has 7 heteroatoms. The van der Waals surface area contributed by atoms with E-state index in [1.54, 1.807) is 24.3 Å². The van der Waals surface area contributed by atoms with Gasteiger partial charge in [0.05, 0.1) is 17.5 Å². The van der Waals surface area contributed by atoms with Gasteiger partial charge in [-0.1, -0.05) is 5.21 Å². The van der Waals surface area contributed by atoms with Crippen molar-refractivity contribution in [2.75, 3.05) is 13.1 Å². The second kappa shape index (κ2) is 4.73. The Labute approximate surface area is 102 Å². The number of sulfonamides is 1. The van der Waals surface area contributed by atoms with Crippen molar-refractivity contribution in [1.82, 2.24) is 19.3 Å². The minimum Gasteiger partial charge on any atom is -0.249 e. The molecule has 0 N–H and O–H groups in total. The Balaban J connectivity index is 1.99. The van der Waals surface area contributed by atoms with E-state index in [-0.39, 0.29) is 11.3 Å². The molecule has 0 unspecified atom stereocenters. The summed E-state index contributed by atoms with van der Waals surface area (Å²) in [5.41, 5.74) is 0. The molecule has 2 heterocycles. The lowest BCUT2D eigenvalue weighted by molar-refractivity contribution is 0.257. The predicted octanol–water partition coefficient (Wildman–Crippen LogP) is 0.653. The Morgan fingerprint density at radius 3 is 2.41 bits per heavy atom. The molecule has 0 saturated carbocycles. The fourth-order valence-electron chi connectivity index (χ4n) is 2.07. The summed E-state index contributed by atoms with van der Waals surface area (Å²) in [5, 5.41) is 7.39. The van der Waals surface area contributed by atoms with Gasteiger partial charge in [0, 0.05) is 19.3 Å². The highest BCUT2D eigenvalue weighted by Gasteiger charge is 2.30. The van der Waals surface area contributed by atoms with E-state index in [4.69, 9.17) is 0 Å². The molecule has 0 amide bonds. The lowest BCUT2D eigenvalue weighted by Crippen LogP contribution is -2.42. The summed E-state index contributed by atoms with van der Waals surface area (Å²) in [6.45, 7) is 4.59. The summed E-state index contributed by atoms with van der Waals surface area (Å²) in [5.74, 6) is 0. The number of aromatic nitrogens is 3. The van der Waals surface area contributed by atoms with Crippen LogP contribution < -0.4 is 0 Å². The van der Waals surface area contributed by atoms with E-state index < -0.39 is 10.0 Å². The minimum absolute atomic E-state index is 0.274. The molecule has 6 nitrogen and oxygen atoms in total. The molecular formula is C10H18N4O2S. The first-order valence-electron chi connectivity index (χ1n) is 5.86. The fourth-order valence-corrected chi connectivity index (χ4v) is 3.39. The lowest BCUT2D eigenvalue weighted by Gasteiger charge is -2.32. The van der Waals surface area contributed by atoms with Crippen LogP contribution in [0.15, 0.2) is 12.4 Å². The zero-order valence-corrected chi connectivity index (χ0v) is 11.0. The van der Waals surface area contributed by atoms with E-state index in [9.17, 15) is 8.42 Å². The standard InChI is InChI=1S/C10H18N4O2S/c1-9(2)17(15,16)13-6-3-10(4-7-13)14-8-5-11-12-14/h5,8-10H,3-4,6-7H2,1-2H3. The van der Waals surface area contributed by atoms with Gasteiger partial charge in [-0.25, -0.2) is 17.4 Å². The predicted molar refractivity (Wildman–Crippen MR) is 63.9 cm³/mol. The SMILES string of the molecule is CC(C)S(=O)(=O)N1CCC(n2ccnn2)CC1. The fraction of sp³-hybridized carbons (Fsp3) is 0.800. The second-order valence-electron chi connectivity index (χ2n) is 4.61. The van der Waals surface area contributed by atoms with Gasteiger partial charge >= 0.3 is 0 Å². The molecule has 0 bridgehead atoms. The molecule has 1 aliphatic rings. The van der Waals surface area contributed by atoms with Crippen LogP contribution in [0.4, 0.5) is 0 Å². The maximum Gasteiger partial charge on any atom is 0.216 e. The first-order chi connectivity index (χ1) is 8.01. The summed E-state index contributed by atoms with van der Waals surface area (Å²) in [7, 11) is -3.10. The number of rotatable bonds is 3. The Morgan fingerprint density at radius 2 is 1.94 bits per heavy atom. The summed E-state index contributed by atoms with van der Waals surface area (Å²) < 4.78 is 27.3. The summed E-state index contributed by atoms with van der Waals surface area (Å²) >= 11 is 0. The molecule has 2 rings (SSSR count). The van der Waals surface area contributed by atoms with Crippen molar-refractivity contribution in [3.05, 3.63) is 12.4 Å². The molecule has 1 aliphatic heterocycles. The van der Waals surface area contributed by atoms with Crippen LogP contribution in [0, 0.1) is 0 Å². The van der Waals surface area contributed by atoms with E-state index >= 15 is 0 Å². The van der Waals surface area contributed by atoms with Crippen LogP contribution in [-0.2, 0) is 10.0 Å². The molecular weight excluding hydrogens is 240 g/mol. The molecule has 0 radical (unpaired) electrons. The smallest absolute Gasteiger partial charge is 0.216 e. The molecule has 0 atom stereocenters. The molecule has 1 saturated heterocycles. The average Bonchev–Trinajstić information content (AvgIpc) is 2.82. The van der Waals surface area contributed by atoms with Gasteiger partial charge in [-0.3, -0.25) is 0 Å². The zero-order valence-electron chi connectivity index (χ0n) is 10.2. The Bertz CT molecular complexity index is 447. The number of hydrogen-bond donors (Lipinski definition) is 0. The van der Waals surface area contributed by atoms with Crippen molar-refractivity contribution in [3.63, 3.8) is 0 Å². The monoisotopic (exact) mass is 258 g/mol. The highest BCUT2D eigenvalue weighted by molar-refractivity contribution is 7.89. The van der Waals surface area contributed by atoms with Crippen molar-refractivity contribution in [1.29, 1.82) is 0 Å². The normalized spacial score (nSPS) is 19.9. The van der Waals surface area contributed by atoms with Crippen molar-refractivity contribution >= 4 is 10.0 Å². The Kier molecular flexibility index (Phi) is 3.48. The van der Waals surface area contributed by atoms with Crippen LogP contribution in [-0.4, -0.2) is 46.1 Å². The van der Waals surface area contributed by atoms with E-state index in [1.165, 1.54) is 0 Å². The van der Waals surface area contributed by atoms with E-state index in [0.717, 1.165) is 12.8 Å². The number of hydrogen-bond acceptors (Lipinski definition) is 4. The van der Waals surface area contributed by atoms with Crippen molar-refractivity contribution in [3.8, 4) is 0 Å². The van der Waals surface area contributed by atoms with Crippen LogP contribution in [0.25, 0.3) is 0 Å². The third kappa shape index (κ3) is 2.50. The van der Waals surface area contributed by atoms with Gasteiger partial charge in [0.15, 0.2) is 0 Å². The van der Waals surface area contributed by atoms with Gasteiger partial charge in [-0.15, -0.1) is 5.10 Å². The molecule has 0 spiro atoms. The third-order valence-electron chi connectivity index (χ3n) is 3.19. The van der Waals surface area contributed by atoms with Gasteiger partial charge in [0.2, 0.25) is 10.0 Å². The third-order valence-corrected chi connectivity index (χ3v) is 5.47. The summed E-state index contributed by atoms with van der Waals surface area (Å²) in [6.07, 6.45) is 5.08. The molecule has 96 valence electrons. The first-order valence-corrected chi connectivity index (χ1v) is 7.37. The van der Waals surface area contributed by atoms with E-state index in [0.29, 0.717) is 13.1 Å². The lowest BCUT2D eigenvalue weighted by atomic mass is 10.1.